The van der Waals surface area contributed by atoms with Gasteiger partial charge in [-0.15, -0.1) is 0 Å². The van der Waals surface area contributed by atoms with E-state index in [1.807, 2.05) is 48.5 Å². The molecule has 0 heterocycles. The Morgan fingerprint density at radius 2 is 1.32 bits per heavy atom. The van der Waals surface area contributed by atoms with E-state index in [0.29, 0.717) is 6.42 Å². The third-order valence-electron chi connectivity index (χ3n) is 3.09. The van der Waals surface area contributed by atoms with Crippen LogP contribution in [0.2, 0.25) is 0 Å². The third-order valence-corrected chi connectivity index (χ3v) is 3.09. The van der Waals surface area contributed by atoms with Crippen LogP contribution in [0.3, 0.4) is 0 Å². The van der Waals surface area contributed by atoms with E-state index >= 15 is 0 Å². The van der Waals surface area contributed by atoms with Crippen molar-refractivity contribution in [3.63, 3.8) is 0 Å². The first-order valence-corrected chi connectivity index (χ1v) is 6.18. The molecule has 2 aromatic rings. The lowest BCUT2D eigenvalue weighted by Crippen LogP contribution is -2.01. The first kappa shape index (κ1) is 13.4. The van der Waals surface area contributed by atoms with Crippen LogP contribution in [0.25, 0.3) is 0 Å². The van der Waals surface area contributed by atoms with Gasteiger partial charge in [0.25, 0.3) is 0 Å². The second-order valence-electron chi connectivity index (χ2n) is 4.34. The van der Waals surface area contributed by atoms with Crippen molar-refractivity contribution in [3.05, 3.63) is 59.7 Å². The first-order chi connectivity index (χ1) is 9.22. The van der Waals surface area contributed by atoms with Gasteiger partial charge < -0.3 is 14.6 Å². The van der Waals surface area contributed by atoms with E-state index in [9.17, 15) is 5.11 Å². The molecule has 0 amide bonds. The van der Waals surface area contributed by atoms with E-state index in [1.165, 1.54) is 0 Å². The number of ether oxygens (including phenoxy) is 2. The molecule has 0 saturated heterocycles. The lowest BCUT2D eigenvalue weighted by molar-refractivity contribution is 0.178. The van der Waals surface area contributed by atoms with Gasteiger partial charge >= 0.3 is 0 Å². The Balaban J connectivity index is 2.04. The summed E-state index contributed by atoms with van der Waals surface area (Å²) in [4.78, 5) is 0. The molecule has 0 aliphatic carbocycles. The van der Waals surface area contributed by atoms with Gasteiger partial charge in [-0.25, -0.2) is 0 Å². The van der Waals surface area contributed by atoms with Gasteiger partial charge in [-0.3, -0.25) is 0 Å². The molecule has 19 heavy (non-hydrogen) atoms. The van der Waals surface area contributed by atoms with Crippen LogP contribution in [0.1, 0.15) is 17.2 Å². The zero-order chi connectivity index (χ0) is 13.7. The standard InChI is InChI=1S/C16H18O3/c1-18-14-7-3-12(4-8-14)11-16(17)13-5-9-15(19-2)10-6-13/h3-10,16-17H,11H2,1-2H3/t16-/m0/s1. The average Bonchev–Trinajstić information content (AvgIpc) is 2.48. The Morgan fingerprint density at radius 1 is 0.842 bits per heavy atom. The van der Waals surface area contributed by atoms with E-state index in [4.69, 9.17) is 9.47 Å². The monoisotopic (exact) mass is 258 g/mol. The molecule has 2 aromatic carbocycles. The van der Waals surface area contributed by atoms with Crippen molar-refractivity contribution in [2.24, 2.45) is 0 Å². The fourth-order valence-electron chi connectivity index (χ4n) is 1.93. The molecule has 0 radical (unpaired) electrons. The topological polar surface area (TPSA) is 38.7 Å². The molecule has 0 bridgehead atoms. The molecule has 0 unspecified atom stereocenters. The van der Waals surface area contributed by atoms with E-state index in [0.717, 1.165) is 22.6 Å². The minimum absolute atomic E-state index is 0.515. The summed E-state index contributed by atoms with van der Waals surface area (Å²) in [5.74, 6) is 1.61. The predicted octanol–water partition coefficient (Wildman–Crippen LogP) is 2.98. The molecule has 2 rings (SSSR count). The largest absolute Gasteiger partial charge is 0.497 e. The number of aliphatic hydroxyl groups excluding tert-OH is 1. The van der Waals surface area contributed by atoms with Crippen molar-refractivity contribution in [2.75, 3.05) is 14.2 Å². The summed E-state index contributed by atoms with van der Waals surface area (Å²) in [5, 5.41) is 10.2. The van der Waals surface area contributed by atoms with Crippen molar-refractivity contribution in [1.82, 2.24) is 0 Å². The minimum atomic E-state index is -0.515. The second-order valence-corrected chi connectivity index (χ2v) is 4.34. The van der Waals surface area contributed by atoms with Gasteiger partial charge in [-0.1, -0.05) is 24.3 Å². The van der Waals surface area contributed by atoms with Crippen LogP contribution < -0.4 is 9.47 Å². The Kier molecular flexibility index (Phi) is 4.42. The number of hydrogen-bond acceptors (Lipinski definition) is 3. The van der Waals surface area contributed by atoms with Crippen LogP contribution in [-0.4, -0.2) is 19.3 Å². The predicted molar refractivity (Wildman–Crippen MR) is 74.7 cm³/mol. The fraction of sp³-hybridized carbons (Fsp3) is 0.250. The van der Waals surface area contributed by atoms with Crippen LogP contribution in [0, 0.1) is 0 Å². The Bertz CT molecular complexity index is 503. The van der Waals surface area contributed by atoms with Crippen molar-refractivity contribution < 1.29 is 14.6 Å². The van der Waals surface area contributed by atoms with Crippen LogP contribution in [0.15, 0.2) is 48.5 Å². The molecule has 3 nitrogen and oxygen atoms in total. The van der Waals surface area contributed by atoms with E-state index in [-0.39, 0.29) is 0 Å². The Hall–Kier alpha value is -2.00. The summed E-state index contributed by atoms with van der Waals surface area (Å²) < 4.78 is 10.2. The van der Waals surface area contributed by atoms with Crippen LogP contribution >= 0.6 is 0 Å². The molecule has 0 aromatic heterocycles. The quantitative estimate of drug-likeness (QED) is 0.896. The van der Waals surface area contributed by atoms with E-state index in [2.05, 4.69) is 0 Å². The highest BCUT2D eigenvalue weighted by Gasteiger charge is 2.08. The first-order valence-electron chi connectivity index (χ1n) is 6.18. The summed E-state index contributed by atoms with van der Waals surface area (Å²) in [6, 6.07) is 15.2. The molecule has 1 N–H and O–H groups in total. The molecule has 1 atom stereocenters. The van der Waals surface area contributed by atoms with Crippen LogP contribution in [0.4, 0.5) is 0 Å². The highest BCUT2D eigenvalue weighted by Crippen LogP contribution is 2.22. The van der Waals surface area contributed by atoms with Gasteiger partial charge in [0.05, 0.1) is 20.3 Å². The summed E-state index contributed by atoms with van der Waals surface area (Å²) in [5.41, 5.74) is 1.96. The molecule has 100 valence electrons. The highest BCUT2D eigenvalue weighted by atomic mass is 16.5. The molecular formula is C16H18O3. The normalized spacial score (nSPS) is 11.9. The Labute approximate surface area is 113 Å². The van der Waals surface area contributed by atoms with Gasteiger partial charge in [0.15, 0.2) is 0 Å². The van der Waals surface area contributed by atoms with Crippen LogP contribution in [-0.2, 0) is 6.42 Å². The maximum atomic E-state index is 10.2. The van der Waals surface area contributed by atoms with E-state index in [1.54, 1.807) is 14.2 Å². The summed E-state index contributed by atoms with van der Waals surface area (Å²) >= 11 is 0. The smallest absolute Gasteiger partial charge is 0.118 e. The van der Waals surface area contributed by atoms with Crippen molar-refractivity contribution >= 4 is 0 Å². The lowest BCUT2D eigenvalue weighted by Gasteiger charge is -2.12. The maximum absolute atomic E-state index is 10.2. The van der Waals surface area contributed by atoms with Gasteiger partial charge in [0, 0.05) is 6.42 Å². The molecule has 3 heteroatoms. The molecular weight excluding hydrogens is 240 g/mol. The SMILES string of the molecule is COc1ccc(C[C@H](O)c2ccc(OC)cc2)cc1. The number of hydrogen-bond donors (Lipinski definition) is 1. The lowest BCUT2D eigenvalue weighted by atomic mass is 10.0. The molecule has 0 spiro atoms. The van der Waals surface area contributed by atoms with Crippen molar-refractivity contribution in [2.45, 2.75) is 12.5 Å². The van der Waals surface area contributed by atoms with Crippen molar-refractivity contribution in [3.8, 4) is 11.5 Å². The van der Waals surface area contributed by atoms with Gasteiger partial charge in [-0.05, 0) is 35.4 Å². The number of benzene rings is 2. The second kappa shape index (κ2) is 6.25. The average molecular weight is 258 g/mol. The fourth-order valence-corrected chi connectivity index (χ4v) is 1.93. The van der Waals surface area contributed by atoms with Crippen LogP contribution in [0.5, 0.6) is 11.5 Å². The van der Waals surface area contributed by atoms with Gasteiger partial charge in [0.2, 0.25) is 0 Å². The zero-order valence-corrected chi connectivity index (χ0v) is 11.2. The summed E-state index contributed by atoms with van der Waals surface area (Å²) in [6.45, 7) is 0. The molecule has 0 saturated carbocycles. The molecule has 0 fully saturated rings. The Morgan fingerprint density at radius 3 is 1.79 bits per heavy atom. The van der Waals surface area contributed by atoms with Gasteiger partial charge in [0.1, 0.15) is 11.5 Å². The highest BCUT2D eigenvalue weighted by molar-refractivity contribution is 5.31. The number of rotatable bonds is 5. The molecule has 0 aliphatic rings. The van der Waals surface area contributed by atoms with Crippen molar-refractivity contribution in [1.29, 1.82) is 0 Å². The number of methoxy groups -OCH3 is 2. The number of aliphatic hydroxyl groups is 1. The third kappa shape index (κ3) is 3.48. The van der Waals surface area contributed by atoms with E-state index < -0.39 is 6.10 Å². The summed E-state index contributed by atoms with van der Waals surface area (Å²) in [6.07, 6.45) is 0.0651. The molecule has 0 aliphatic heterocycles. The van der Waals surface area contributed by atoms with Gasteiger partial charge in [-0.2, -0.15) is 0 Å². The maximum Gasteiger partial charge on any atom is 0.118 e. The minimum Gasteiger partial charge on any atom is -0.497 e. The zero-order valence-electron chi connectivity index (χ0n) is 11.2. The summed E-state index contributed by atoms with van der Waals surface area (Å²) in [7, 11) is 3.27.